The first-order valence-corrected chi connectivity index (χ1v) is 7.75. The summed E-state index contributed by atoms with van der Waals surface area (Å²) in [6.07, 6.45) is 4.08. The number of nitrogens with one attached hydrogen (secondary N) is 1. The number of hydrogen-bond donors (Lipinski definition) is 1. The fourth-order valence-electron chi connectivity index (χ4n) is 3.48. The van der Waals surface area contributed by atoms with Crippen LogP contribution in [0.1, 0.15) is 18.4 Å². The zero-order valence-corrected chi connectivity index (χ0v) is 12.1. The van der Waals surface area contributed by atoms with Crippen LogP contribution in [0.2, 0.25) is 0 Å². The number of hydrogen-bond acceptors (Lipinski definition) is 3. The van der Waals surface area contributed by atoms with Gasteiger partial charge in [0.15, 0.2) is 0 Å². The summed E-state index contributed by atoms with van der Waals surface area (Å²) in [7, 11) is 0. The number of nitrogens with zero attached hydrogens (tertiary/aromatic N) is 1. The van der Waals surface area contributed by atoms with Gasteiger partial charge in [-0.05, 0) is 41.3 Å². The second kappa shape index (κ2) is 4.85. The molecule has 1 heterocycles. The summed E-state index contributed by atoms with van der Waals surface area (Å²) >= 11 is 0. The second-order valence-electron chi connectivity index (χ2n) is 6.33. The normalized spacial score (nSPS) is 19.9. The van der Waals surface area contributed by atoms with E-state index in [0.29, 0.717) is 12.0 Å². The van der Waals surface area contributed by atoms with Crippen LogP contribution in [0.4, 0.5) is 5.69 Å². The van der Waals surface area contributed by atoms with Crippen molar-refractivity contribution in [1.29, 1.82) is 0 Å². The molecule has 0 amide bonds. The molecule has 0 bridgehead atoms. The van der Waals surface area contributed by atoms with Gasteiger partial charge in [0.2, 0.25) is 0 Å². The van der Waals surface area contributed by atoms with Gasteiger partial charge in [0.05, 0.1) is 0 Å². The number of benzene rings is 2. The fraction of sp³-hybridized carbons (Fsp3) is 0.389. The molecule has 0 radical (unpaired) electrons. The topological polar surface area (TPSA) is 32.3 Å². The number of aldehydes is 1. The highest BCUT2D eigenvalue weighted by atomic mass is 16.1. The summed E-state index contributed by atoms with van der Waals surface area (Å²) in [6, 6.07) is 12.8. The van der Waals surface area contributed by atoms with E-state index in [1.54, 1.807) is 0 Å². The second-order valence-corrected chi connectivity index (χ2v) is 6.33. The predicted molar refractivity (Wildman–Crippen MR) is 85.9 cm³/mol. The minimum Gasteiger partial charge on any atom is -0.368 e. The maximum Gasteiger partial charge on any atom is 0.124 e. The van der Waals surface area contributed by atoms with Crippen molar-refractivity contribution in [2.75, 3.05) is 24.5 Å². The minimum atomic E-state index is 0.370. The lowest BCUT2D eigenvalue weighted by molar-refractivity contribution is -0.107. The van der Waals surface area contributed by atoms with Crippen LogP contribution in [-0.4, -0.2) is 31.5 Å². The molecule has 0 atom stereocenters. The average molecular weight is 280 g/mol. The lowest BCUT2D eigenvalue weighted by atomic mass is 10.0. The lowest BCUT2D eigenvalue weighted by Gasteiger charge is -2.36. The first kappa shape index (κ1) is 12.8. The molecule has 4 rings (SSSR count). The van der Waals surface area contributed by atoms with E-state index >= 15 is 0 Å². The van der Waals surface area contributed by atoms with Crippen molar-refractivity contribution in [2.45, 2.75) is 24.8 Å². The molecule has 0 unspecified atom stereocenters. The number of anilines is 1. The molecule has 108 valence electrons. The van der Waals surface area contributed by atoms with E-state index in [1.807, 2.05) is 6.07 Å². The van der Waals surface area contributed by atoms with Gasteiger partial charge in [0.25, 0.3) is 0 Å². The van der Waals surface area contributed by atoms with E-state index in [2.05, 4.69) is 40.5 Å². The summed E-state index contributed by atoms with van der Waals surface area (Å²) in [5.74, 6) is 0. The molecule has 3 heteroatoms. The fourth-order valence-corrected chi connectivity index (χ4v) is 3.48. The molecule has 1 saturated heterocycles. The van der Waals surface area contributed by atoms with Crippen LogP contribution in [0.3, 0.4) is 0 Å². The van der Waals surface area contributed by atoms with Gasteiger partial charge in [0, 0.05) is 37.3 Å². The molecule has 2 aromatic carbocycles. The first-order valence-electron chi connectivity index (χ1n) is 7.75. The van der Waals surface area contributed by atoms with Gasteiger partial charge in [-0.1, -0.05) is 24.3 Å². The molecule has 1 N–H and O–H groups in total. The van der Waals surface area contributed by atoms with Crippen LogP contribution in [0, 0.1) is 0 Å². The van der Waals surface area contributed by atoms with Crippen LogP contribution < -0.4 is 10.2 Å². The molecule has 3 nitrogen and oxygen atoms in total. The zero-order chi connectivity index (χ0) is 14.3. The van der Waals surface area contributed by atoms with Crippen LogP contribution in [0.25, 0.3) is 10.8 Å². The van der Waals surface area contributed by atoms with Gasteiger partial charge in [-0.3, -0.25) is 0 Å². The average Bonchev–Trinajstić information content (AvgIpc) is 3.26. The van der Waals surface area contributed by atoms with Crippen LogP contribution in [0.5, 0.6) is 0 Å². The number of carbonyl (C=O) groups is 1. The van der Waals surface area contributed by atoms with Crippen molar-refractivity contribution in [1.82, 2.24) is 5.32 Å². The summed E-state index contributed by atoms with van der Waals surface area (Å²) in [6.45, 7) is 3.18. The van der Waals surface area contributed by atoms with Gasteiger partial charge < -0.3 is 15.0 Å². The Morgan fingerprint density at radius 3 is 2.90 bits per heavy atom. The zero-order valence-electron chi connectivity index (χ0n) is 12.1. The maximum atomic E-state index is 11.0. The van der Waals surface area contributed by atoms with E-state index in [1.165, 1.54) is 29.3 Å². The summed E-state index contributed by atoms with van der Waals surface area (Å²) in [5, 5.41) is 6.08. The van der Waals surface area contributed by atoms with Gasteiger partial charge in [0.1, 0.15) is 6.29 Å². The van der Waals surface area contributed by atoms with Gasteiger partial charge in [-0.15, -0.1) is 0 Å². The Bertz CT molecular complexity index is 691. The minimum absolute atomic E-state index is 0.370. The number of piperazine rings is 1. The highest BCUT2D eigenvalue weighted by Crippen LogP contribution is 2.39. The Labute approximate surface area is 124 Å². The van der Waals surface area contributed by atoms with E-state index in [-0.39, 0.29) is 0 Å². The first-order chi connectivity index (χ1) is 10.3. The quantitative estimate of drug-likeness (QED) is 0.877. The Morgan fingerprint density at radius 2 is 2.10 bits per heavy atom. The van der Waals surface area contributed by atoms with E-state index in [0.717, 1.165) is 31.5 Å². The van der Waals surface area contributed by atoms with Gasteiger partial charge in [-0.2, -0.15) is 0 Å². The molecule has 1 saturated carbocycles. The van der Waals surface area contributed by atoms with Crippen molar-refractivity contribution in [2.24, 2.45) is 0 Å². The molecule has 0 aromatic heterocycles. The predicted octanol–water partition coefficient (Wildman–Crippen LogP) is 2.52. The highest BCUT2D eigenvalue weighted by molar-refractivity contribution is 5.90. The number of fused-ring (bicyclic) bond motifs is 1. The van der Waals surface area contributed by atoms with Crippen molar-refractivity contribution in [3.8, 4) is 0 Å². The van der Waals surface area contributed by atoms with Crippen LogP contribution in [0.15, 0.2) is 36.4 Å². The van der Waals surface area contributed by atoms with E-state index in [9.17, 15) is 4.79 Å². The Balaban J connectivity index is 1.75. The highest BCUT2D eigenvalue weighted by Gasteiger charge is 2.45. The Hall–Kier alpha value is -1.87. The SMILES string of the molecule is O=CCc1cc(N2CCNC3(CC3)C2)cc2ccccc12. The maximum absolute atomic E-state index is 11.0. The summed E-state index contributed by atoms with van der Waals surface area (Å²) in [4.78, 5) is 13.5. The molecular formula is C18H20N2O. The van der Waals surface area contributed by atoms with Crippen LogP contribution >= 0.6 is 0 Å². The third kappa shape index (κ3) is 2.32. The smallest absolute Gasteiger partial charge is 0.124 e. The van der Waals surface area contributed by atoms with Crippen LogP contribution in [-0.2, 0) is 11.2 Å². The molecule has 2 aliphatic rings. The van der Waals surface area contributed by atoms with Crippen molar-refractivity contribution in [3.63, 3.8) is 0 Å². The summed E-state index contributed by atoms with van der Waals surface area (Å²) < 4.78 is 0. The third-order valence-corrected chi connectivity index (χ3v) is 4.83. The molecular weight excluding hydrogens is 260 g/mol. The third-order valence-electron chi connectivity index (χ3n) is 4.83. The number of rotatable bonds is 3. The molecule has 21 heavy (non-hydrogen) atoms. The molecule has 2 aromatic rings. The van der Waals surface area contributed by atoms with E-state index < -0.39 is 0 Å². The largest absolute Gasteiger partial charge is 0.368 e. The Morgan fingerprint density at radius 1 is 1.24 bits per heavy atom. The molecule has 1 aliphatic carbocycles. The Kier molecular flexibility index (Phi) is 2.96. The summed E-state index contributed by atoms with van der Waals surface area (Å²) in [5.41, 5.74) is 2.77. The molecule has 1 aliphatic heterocycles. The van der Waals surface area contributed by atoms with Crippen molar-refractivity contribution < 1.29 is 4.79 Å². The molecule has 1 spiro atoms. The van der Waals surface area contributed by atoms with Gasteiger partial charge in [-0.25, -0.2) is 0 Å². The number of carbonyl (C=O) groups excluding carboxylic acids is 1. The standard InChI is InChI=1S/C18H20N2O/c21-10-5-15-12-16(11-14-3-1-2-4-17(14)15)20-9-8-19-18(13-20)6-7-18/h1-4,10-12,19H,5-9,13H2. The lowest BCUT2D eigenvalue weighted by Crippen LogP contribution is -2.52. The molecule has 2 fully saturated rings. The van der Waals surface area contributed by atoms with Gasteiger partial charge >= 0.3 is 0 Å². The van der Waals surface area contributed by atoms with Crippen molar-refractivity contribution >= 4 is 22.7 Å². The monoisotopic (exact) mass is 280 g/mol. The van der Waals surface area contributed by atoms with Crippen molar-refractivity contribution in [3.05, 3.63) is 42.0 Å². The van der Waals surface area contributed by atoms with E-state index in [4.69, 9.17) is 0 Å².